The maximum atomic E-state index is 12.6. The molecule has 3 atom stereocenters. The van der Waals surface area contributed by atoms with Crippen molar-refractivity contribution in [2.45, 2.75) is 45.4 Å². The van der Waals surface area contributed by atoms with Crippen LogP contribution in [0.3, 0.4) is 0 Å². The number of hydrogen-bond acceptors (Lipinski definition) is 5. The Hall–Kier alpha value is -3.02. The van der Waals surface area contributed by atoms with E-state index >= 15 is 0 Å². The lowest BCUT2D eigenvalue weighted by Crippen LogP contribution is -2.45. The molecule has 2 N–H and O–H groups in total. The van der Waals surface area contributed by atoms with Crippen molar-refractivity contribution in [3.8, 4) is 0 Å². The molecule has 6 heteroatoms. The number of nitrogens with one attached hydrogen (secondary N) is 2. The van der Waals surface area contributed by atoms with Gasteiger partial charge in [-0.3, -0.25) is 0 Å². The van der Waals surface area contributed by atoms with E-state index in [1.165, 1.54) is 12.8 Å². The Kier molecular flexibility index (Phi) is 5.93. The van der Waals surface area contributed by atoms with Crippen LogP contribution in [0.15, 0.2) is 48.5 Å². The first-order valence-electron chi connectivity index (χ1n) is 10.6. The van der Waals surface area contributed by atoms with Crippen molar-refractivity contribution >= 4 is 17.7 Å². The summed E-state index contributed by atoms with van der Waals surface area (Å²) in [5.74, 6) is 0.414. The summed E-state index contributed by atoms with van der Waals surface area (Å²) in [4.78, 5) is 24.8. The lowest BCUT2D eigenvalue weighted by Gasteiger charge is -2.39. The van der Waals surface area contributed by atoms with Crippen LogP contribution in [0.2, 0.25) is 0 Å². The molecule has 30 heavy (non-hydrogen) atoms. The van der Waals surface area contributed by atoms with Crippen LogP contribution in [0.4, 0.5) is 10.5 Å². The largest absolute Gasteiger partial charge is 0.462 e. The molecule has 2 aliphatic rings. The fourth-order valence-corrected chi connectivity index (χ4v) is 4.20. The predicted octanol–water partition coefficient (Wildman–Crippen LogP) is 4.67. The Morgan fingerprint density at radius 1 is 1.10 bits per heavy atom. The number of ether oxygens (including phenoxy) is 2. The maximum absolute atomic E-state index is 12.6. The third-order valence-electron chi connectivity index (χ3n) is 5.93. The van der Waals surface area contributed by atoms with Gasteiger partial charge in [-0.25, -0.2) is 9.59 Å². The summed E-state index contributed by atoms with van der Waals surface area (Å²) in [7, 11) is 0. The van der Waals surface area contributed by atoms with E-state index in [0.29, 0.717) is 18.1 Å². The van der Waals surface area contributed by atoms with Gasteiger partial charge in [0.15, 0.2) is 0 Å². The molecule has 1 heterocycles. The van der Waals surface area contributed by atoms with E-state index in [1.54, 1.807) is 13.0 Å². The first kappa shape index (κ1) is 20.3. The highest BCUT2D eigenvalue weighted by Crippen LogP contribution is 2.46. The molecule has 1 aliphatic heterocycles. The molecule has 3 unspecified atom stereocenters. The Balaban J connectivity index is 1.54. The van der Waals surface area contributed by atoms with Crippen molar-refractivity contribution in [2.24, 2.45) is 11.8 Å². The SMILES string of the molecule is CCOC(=O)c1ccc2c(c1)C(NC(=O)OCc1ccccc1)C(C)C(C1CC1)N2. The van der Waals surface area contributed by atoms with Crippen molar-refractivity contribution < 1.29 is 19.1 Å². The second kappa shape index (κ2) is 8.78. The van der Waals surface area contributed by atoms with Crippen LogP contribution in [0.25, 0.3) is 0 Å². The molecule has 2 aromatic carbocycles. The minimum absolute atomic E-state index is 0.159. The number of hydrogen-bond donors (Lipinski definition) is 2. The van der Waals surface area contributed by atoms with Crippen LogP contribution in [-0.2, 0) is 16.1 Å². The van der Waals surface area contributed by atoms with Crippen LogP contribution >= 0.6 is 0 Å². The molecule has 4 rings (SSSR count). The van der Waals surface area contributed by atoms with E-state index in [2.05, 4.69) is 17.6 Å². The summed E-state index contributed by atoms with van der Waals surface area (Å²) in [5.41, 5.74) is 3.26. The molecule has 0 radical (unpaired) electrons. The first-order chi connectivity index (χ1) is 14.6. The van der Waals surface area contributed by atoms with E-state index in [1.807, 2.05) is 42.5 Å². The average Bonchev–Trinajstić information content (AvgIpc) is 3.60. The number of amides is 1. The van der Waals surface area contributed by atoms with Gasteiger partial charge in [0.1, 0.15) is 6.61 Å². The third-order valence-corrected chi connectivity index (χ3v) is 5.93. The van der Waals surface area contributed by atoms with E-state index in [4.69, 9.17) is 9.47 Å². The number of benzene rings is 2. The number of alkyl carbamates (subject to hydrolysis) is 1. The number of fused-ring (bicyclic) bond motifs is 1. The molecular weight excluding hydrogens is 380 g/mol. The Labute approximate surface area is 177 Å². The zero-order valence-corrected chi connectivity index (χ0v) is 17.4. The lowest BCUT2D eigenvalue weighted by molar-refractivity contribution is 0.0526. The highest BCUT2D eigenvalue weighted by Gasteiger charge is 2.42. The second-order valence-electron chi connectivity index (χ2n) is 8.07. The van der Waals surface area contributed by atoms with Gasteiger partial charge >= 0.3 is 12.1 Å². The van der Waals surface area contributed by atoms with Crippen molar-refractivity contribution in [3.05, 3.63) is 65.2 Å². The van der Waals surface area contributed by atoms with Crippen LogP contribution in [-0.4, -0.2) is 24.7 Å². The van der Waals surface area contributed by atoms with Crippen LogP contribution < -0.4 is 10.6 Å². The van der Waals surface area contributed by atoms with Crippen molar-refractivity contribution in [1.29, 1.82) is 0 Å². The molecule has 1 aliphatic carbocycles. The molecule has 6 nitrogen and oxygen atoms in total. The molecule has 1 saturated carbocycles. The standard InChI is InChI=1S/C24H28N2O4/c1-3-29-23(27)18-11-12-20-19(13-18)22(15(2)21(25-20)17-9-10-17)26-24(28)30-14-16-7-5-4-6-8-16/h4-8,11-13,15,17,21-22,25H,3,9-10,14H2,1-2H3,(H,26,28). The van der Waals surface area contributed by atoms with Gasteiger partial charge in [-0.05, 0) is 55.0 Å². The summed E-state index contributed by atoms with van der Waals surface area (Å²) >= 11 is 0. The molecule has 1 amide bonds. The molecule has 1 fully saturated rings. The first-order valence-corrected chi connectivity index (χ1v) is 10.6. The summed E-state index contributed by atoms with van der Waals surface area (Å²) in [6.45, 7) is 4.46. The van der Waals surface area contributed by atoms with Gasteiger partial charge in [0.25, 0.3) is 0 Å². The number of anilines is 1. The molecule has 158 valence electrons. The van der Waals surface area contributed by atoms with Gasteiger partial charge in [0.05, 0.1) is 18.2 Å². The predicted molar refractivity (Wildman–Crippen MR) is 114 cm³/mol. The van der Waals surface area contributed by atoms with Gasteiger partial charge in [0, 0.05) is 17.6 Å². The minimum Gasteiger partial charge on any atom is -0.462 e. The monoisotopic (exact) mass is 408 g/mol. The van der Waals surface area contributed by atoms with Gasteiger partial charge in [0.2, 0.25) is 0 Å². The molecule has 0 spiro atoms. The van der Waals surface area contributed by atoms with Gasteiger partial charge in [-0.15, -0.1) is 0 Å². The minimum atomic E-state index is -0.459. The highest BCUT2D eigenvalue weighted by molar-refractivity contribution is 5.90. The average molecular weight is 408 g/mol. The number of rotatable bonds is 6. The third kappa shape index (κ3) is 4.42. The van der Waals surface area contributed by atoms with Gasteiger partial charge in [-0.2, -0.15) is 0 Å². The van der Waals surface area contributed by atoms with Crippen molar-refractivity contribution in [1.82, 2.24) is 5.32 Å². The number of esters is 1. The Morgan fingerprint density at radius 3 is 2.57 bits per heavy atom. The van der Waals surface area contributed by atoms with Crippen molar-refractivity contribution in [2.75, 3.05) is 11.9 Å². The molecule has 2 aromatic rings. The van der Waals surface area contributed by atoms with Gasteiger partial charge in [-0.1, -0.05) is 37.3 Å². The molecule has 0 bridgehead atoms. The van der Waals surface area contributed by atoms with Crippen LogP contribution in [0.1, 0.15) is 54.2 Å². The van der Waals surface area contributed by atoms with E-state index in [9.17, 15) is 9.59 Å². The Morgan fingerprint density at radius 2 is 1.87 bits per heavy atom. The number of carbonyl (C=O) groups is 2. The maximum Gasteiger partial charge on any atom is 0.407 e. The summed E-state index contributed by atoms with van der Waals surface area (Å²) < 4.78 is 10.6. The molecular formula is C24H28N2O4. The summed E-state index contributed by atoms with van der Waals surface area (Å²) in [5, 5.41) is 6.68. The zero-order valence-electron chi connectivity index (χ0n) is 17.4. The van der Waals surface area contributed by atoms with E-state index in [-0.39, 0.29) is 30.6 Å². The zero-order chi connectivity index (χ0) is 21.1. The van der Waals surface area contributed by atoms with Crippen LogP contribution in [0, 0.1) is 11.8 Å². The van der Waals surface area contributed by atoms with Gasteiger partial charge < -0.3 is 20.1 Å². The normalized spacial score (nSPS) is 22.4. The van der Waals surface area contributed by atoms with E-state index < -0.39 is 6.09 Å². The van der Waals surface area contributed by atoms with Crippen molar-refractivity contribution in [3.63, 3.8) is 0 Å². The topological polar surface area (TPSA) is 76.7 Å². The van der Waals surface area contributed by atoms with Crippen LogP contribution in [0.5, 0.6) is 0 Å². The Bertz CT molecular complexity index is 911. The quantitative estimate of drug-likeness (QED) is 0.679. The fourth-order valence-electron chi connectivity index (χ4n) is 4.20. The fraction of sp³-hybridized carbons (Fsp3) is 0.417. The lowest BCUT2D eigenvalue weighted by atomic mass is 9.81. The van der Waals surface area contributed by atoms with E-state index in [0.717, 1.165) is 16.8 Å². The summed E-state index contributed by atoms with van der Waals surface area (Å²) in [6.07, 6.45) is 1.94. The smallest absolute Gasteiger partial charge is 0.407 e. The second-order valence-corrected chi connectivity index (χ2v) is 8.07. The molecule has 0 saturated heterocycles. The number of carbonyl (C=O) groups excluding carboxylic acids is 2. The molecule has 0 aromatic heterocycles. The summed E-state index contributed by atoms with van der Waals surface area (Å²) in [6, 6.07) is 15.1. The highest BCUT2D eigenvalue weighted by atomic mass is 16.5.